The molecule has 0 saturated carbocycles. The zero-order chi connectivity index (χ0) is 16.6. The lowest BCUT2D eigenvalue weighted by Gasteiger charge is -2.24. The molecule has 1 aromatic heterocycles. The van der Waals surface area contributed by atoms with Gasteiger partial charge in [-0.15, -0.1) is 0 Å². The van der Waals surface area contributed by atoms with E-state index < -0.39 is 5.60 Å². The first-order valence-electron chi connectivity index (χ1n) is 7.61. The molecular formula is C16H20BrN3O3. The van der Waals surface area contributed by atoms with Crippen molar-refractivity contribution in [2.75, 3.05) is 18.4 Å². The molecule has 23 heavy (non-hydrogen) atoms. The third-order valence-electron chi connectivity index (χ3n) is 3.52. The van der Waals surface area contributed by atoms with Gasteiger partial charge in [0.2, 0.25) is 0 Å². The normalized spacial score (nSPS) is 18.4. The van der Waals surface area contributed by atoms with E-state index in [4.69, 9.17) is 9.15 Å². The predicted octanol–water partition coefficient (Wildman–Crippen LogP) is 4.01. The Morgan fingerprint density at radius 3 is 3.00 bits per heavy atom. The number of ether oxygens (including phenoxy) is 1. The van der Waals surface area contributed by atoms with Crippen LogP contribution in [0.3, 0.4) is 0 Å². The molecule has 2 heterocycles. The van der Waals surface area contributed by atoms with Crippen molar-refractivity contribution in [3.63, 3.8) is 0 Å². The quantitative estimate of drug-likeness (QED) is 0.850. The van der Waals surface area contributed by atoms with E-state index in [-0.39, 0.29) is 12.1 Å². The zero-order valence-electron chi connectivity index (χ0n) is 13.4. The number of anilines is 1. The molecule has 1 amide bonds. The molecule has 0 aliphatic carbocycles. The van der Waals surface area contributed by atoms with Crippen molar-refractivity contribution in [3.05, 3.63) is 22.7 Å². The second-order valence-corrected chi connectivity index (χ2v) is 7.60. The number of carbonyl (C=O) groups is 1. The van der Waals surface area contributed by atoms with Crippen LogP contribution in [-0.2, 0) is 4.74 Å². The Balaban J connectivity index is 1.61. The van der Waals surface area contributed by atoms with Gasteiger partial charge in [-0.25, -0.2) is 4.79 Å². The van der Waals surface area contributed by atoms with Crippen LogP contribution in [0.25, 0.3) is 11.1 Å². The lowest BCUT2D eigenvalue weighted by molar-refractivity contribution is 0.0293. The van der Waals surface area contributed by atoms with E-state index in [1.807, 2.05) is 39.0 Å². The molecule has 3 rings (SSSR count). The number of fused-ring (bicyclic) bond motifs is 1. The summed E-state index contributed by atoms with van der Waals surface area (Å²) in [5.41, 5.74) is 1.05. The Bertz CT molecular complexity index is 723. The van der Waals surface area contributed by atoms with Crippen molar-refractivity contribution < 1.29 is 13.9 Å². The fourth-order valence-corrected chi connectivity index (χ4v) is 2.86. The molecule has 0 radical (unpaired) electrons. The summed E-state index contributed by atoms with van der Waals surface area (Å²) in [4.78, 5) is 18.2. The maximum absolute atomic E-state index is 12.1. The Labute approximate surface area is 143 Å². The first-order chi connectivity index (χ1) is 10.8. The second kappa shape index (κ2) is 6.03. The first kappa shape index (κ1) is 16.1. The monoisotopic (exact) mass is 381 g/mol. The lowest BCUT2D eigenvalue weighted by atomic mass is 10.2. The standard InChI is InChI=1S/C16H20BrN3O3/c1-16(2,3)23-15(21)20-7-6-11(9-20)18-14-19-12-8-10(17)4-5-13(12)22-14/h4-5,8,11H,6-7,9H2,1-3H3,(H,18,19). The van der Waals surface area contributed by atoms with Gasteiger partial charge < -0.3 is 19.4 Å². The molecule has 1 aliphatic heterocycles. The van der Waals surface area contributed by atoms with E-state index in [0.717, 1.165) is 22.0 Å². The first-order valence-corrected chi connectivity index (χ1v) is 8.40. The minimum absolute atomic E-state index is 0.110. The van der Waals surface area contributed by atoms with Crippen molar-refractivity contribution in [1.29, 1.82) is 0 Å². The molecule has 6 nitrogen and oxygen atoms in total. The van der Waals surface area contributed by atoms with Gasteiger partial charge in [-0.3, -0.25) is 0 Å². The van der Waals surface area contributed by atoms with Gasteiger partial charge in [0, 0.05) is 23.6 Å². The highest BCUT2D eigenvalue weighted by Gasteiger charge is 2.30. The highest BCUT2D eigenvalue weighted by molar-refractivity contribution is 9.10. The van der Waals surface area contributed by atoms with Crippen molar-refractivity contribution in [2.45, 2.75) is 38.8 Å². The van der Waals surface area contributed by atoms with Gasteiger partial charge in [0.25, 0.3) is 6.01 Å². The van der Waals surface area contributed by atoms with Gasteiger partial charge in [-0.2, -0.15) is 4.98 Å². The van der Waals surface area contributed by atoms with Crippen molar-refractivity contribution >= 4 is 39.1 Å². The summed E-state index contributed by atoms with van der Waals surface area (Å²) in [6.07, 6.45) is 0.560. The summed E-state index contributed by atoms with van der Waals surface area (Å²) in [5.74, 6) is 0. The number of rotatable bonds is 2. The third kappa shape index (κ3) is 3.96. The number of hydrogen-bond donors (Lipinski definition) is 1. The number of benzene rings is 1. The van der Waals surface area contributed by atoms with Gasteiger partial charge in [-0.1, -0.05) is 15.9 Å². The van der Waals surface area contributed by atoms with Crippen LogP contribution in [0.15, 0.2) is 27.1 Å². The molecule has 7 heteroatoms. The van der Waals surface area contributed by atoms with Gasteiger partial charge in [-0.05, 0) is 45.4 Å². The van der Waals surface area contributed by atoms with E-state index in [0.29, 0.717) is 19.1 Å². The van der Waals surface area contributed by atoms with E-state index in [1.54, 1.807) is 4.90 Å². The molecule has 1 atom stereocenters. The van der Waals surface area contributed by atoms with E-state index >= 15 is 0 Å². The number of nitrogens with one attached hydrogen (secondary N) is 1. The van der Waals surface area contributed by atoms with E-state index in [2.05, 4.69) is 26.2 Å². The van der Waals surface area contributed by atoms with Crippen LogP contribution in [0.2, 0.25) is 0 Å². The topological polar surface area (TPSA) is 67.6 Å². The van der Waals surface area contributed by atoms with Gasteiger partial charge in [0.05, 0.1) is 0 Å². The number of hydrogen-bond acceptors (Lipinski definition) is 5. The molecule has 124 valence electrons. The van der Waals surface area contributed by atoms with Crippen LogP contribution >= 0.6 is 15.9 Å². The predicted molar refractivity (Wildman–Crippen MR) is 91.5 cm³/mol. The van der Waals surface area contributed by atoms with E-state index in [1.165, 1.54) is 0 Å². The van der Waals surface area contributed by atoms with Crippen LogP contribution in [0, 0.1) is 0 Å². The number of aromatic nitrogens is 1. The van der Waals surface area contributed by atoms with Crippen molar-refractivity contribution in [1.82, 2.24) is 9.88 Å². The third-order valence-corrected chi connectivity index (χ3v) is 4.01. The second-order valence-electron chi connectivity index (χ2n) is 6.69. The summed E-state index contributed by atoms with van der Waals surface area (Å²) in [7, 11) is 0. The summed E-state index contributed by atoms with van der Waals surface area (Å²) in [6, 6.07) is 6.29. The number of nitrogens with zero attached hydrogens (tertiary/aromatic N) is 2. The molecule has 0 bridgehead atoms. The van der Waals surface area contributed by atoms with Crippen LogP contribution in [0.5, 0.6) is 0 Å². The Morgan fingerprint density at radius 1 is 1.48 bits per heavy atom. The molecule has 1 aliphatic rings. The molecule has 1 saturated heterocycles. The van der Waals surface area contributed by atoms with Crippen LogP contribution in [-0.4, -0.2) is 40.7 Å². The molecule has 1 aromatic carbocycles. The molecule has 0 spiro atoms. The Hall–Kier alpha value is -1.76. The number of carbonyl (C=O) groups excluding carboxylic acids is 1. The Kier molecular flexibility index (Phi) is 4.23. The molecule has 1 fully saturated rings. The fourth-order valence-electron chi connectivity index (χ4n) is 2.51. The van der Waals surface area contributed by atoms with E-state index in [9.17, 15) is 4.79 Å². The molecular weight excluding hydrogens is 362 g/mol. The fraction of sp³-hybridized carbons (Fsp3) is 0.500. The number of likely N-dealkylation sites (tertiary alicyclic amines) is 1. The highest BCUT2D eigenvalue weighted by atomic mass is 79.9. The maximum Gasteiger partial charge on any atom is 0.410 e. The summed E-state index contributed by atoms with van der Waals surface area (Å²) >= 11 is 3.42. The lowest BCUT2D eigenvalue weighted by Crippen LogP contribution is -2.36. The average Bonchev–Trinajstić information content (AvgIpc) is 3.03. The van der Waals surface area contributed by atoms with Gasteiger partial charge in [0.15, 0.2) is 5.58 Å². The van der Waals surface area contributed by atoms with Crippen LogP contribution < -0.4 is 5.32 Å². The highest BCUT2D eigenvalue weighted by Crippen LogP contribution is 2.24. The number of oxazole rings is 1. The largest absolute Gasteiger partial charge is 0.444 e. The molecule has 1 N–H and O–H groups in total. The summed E-state index contributed by atoms with van der Waals surface area (Å²) < 4.78 is 12.0. The minimum atomic E-state index is -0.476. The maximum atomic E-state index is 12.1. The van der Waals surface area contributed by atoms with Crippen LogP contribution in [0.1, 0.15) is 27.2 Å². The van der Waals surface area contributed by atoms with Crippen molar-refractivity contribution in [2.24, 2.45) is 0 Å². The smallest absolute Gasteiger partial charge is 0.410 e. The Morgan fingerprint density at radius 2 is 2.26 bits per heavy atom. The van der Waals surface area contributed by atoms with Gasteiger partial charge in [0.1, 0.15) is 11.1 Å². The minimum Gasteiger partial charge on any atom is -0.444 e. The number of amides is 1. The zero-order valence-corrected chi connectivity index (χ0v) is 15.0. The summed E-state index contributed by atoms with van der Waals surface area (Å²) in [5, 5.41) is 3.25. The van der Waals surface area contributed by atoms with Gasteiger partial charge >= 0.3 is 6.09 Å². The SMILES string of the molecule is CC(C)(C)OC(=O)N1CCC(Nc2nc3cc(Br)ccc3o2)C1. The molecule has 2 aromatic rings. The number of halogens is 1. The van der Waals surface area contributed by atoms with Crippen LogP contribution in [0.4, 0.5) is 10.8 Å². The average molecular weight is 382 g/mol. The molecule has 1 unspecified atom stereocenters. The van der Waals surface area contributed by atoms with Crippen molar-refractivity contribution in [3.8, 4) is 0 Å². The summed E-state index contributed by atoms with van der Waals surface area (Å²) in [6.45, 7) is 6.85.